The van der Waals surface area contributed by atoms with Crippen molar-refractivity contribution in [1.82, 2.24) is 13.9 Å². The van der Waals surface area contributed by atoms with Crippen LogP contribution >= 0.6 is 0 Å². The van der Waals surface area contributed by atoms with Crippen molar-refractivity contribution in [2.45, 2.75) is 19.8 Å². The molecule has 0 bridgehead atoms. The number of aromatic nitrogens is 2. The zero-order chi connectivity index (χ0) is 18.9. The molecular formula is C17H21FN4O3S. The number of benzene rings is 1. The average molecular weight is 380 g/mol. The number of nitrogens with one attached hydrogen (secondary N) is 1. The minimum Gasteiger partial charge on any atom is -0.326 e. The summed E-state index contributed by atoms with van der Waals surface area (Å²) in [5, 5.41) is 2.72. The zero-order valence-electron chi connectivity index (χ0n) is 14.6. The smallest absolute Gasteiger partial charge is 0.227 e. The molecule has 1 amide bonds. The van der Waals surface area contributed by atoms with Crippen molar-refractivity contribution < 1.29 is 17.6 Å². The number of aryl methyl sites for hydroxylation is 1. The Hall–Kier alpha value is -2.26. The summed E-state index contributed by atoms with van der Waals surface area (Å²) in [6.45, 7) is 2.42. The van der Waals surface area contributed by atoms with Crippen LogP contribution in [0.1, 0.15) is 18.7 Å². The normalized spacial score (nSPS) is 16.6. The summed E-state index contributed by atoms with van der Waals surface area (Å²) in [6, 6.07) is 4.51. The number of hydrogen-bond acceptors (Lipinski definition) is 4. The number of rotatable bonds is 4. The lowest BCUT2D eigenvalue weighted by molar-refractivity contribution is -0.120. The van der Waals surface area contributed by atoms with Crippen LogP contribution < -0.4 is 5.32 Å². The first-order valence-corrected chi connectivity index (χ1v) is 10.2. The van der Waals surface area contributed by atoms with E-state index in [1.807, 2.05) is 0 Å². The number of amides is 1. The lowest BCUT2D eigenvalue weighted by atomic mass is 9.97. The highest BCUT2D eigenvalue weighted by molar-refractivity contribution is 7.88. The van der Waals surface area contributed by atoms with Crippen molar-refractivity contribution in [3.63, 3.8) is 0 Å². The van der Waals surface area contributed by atoms with Gasteiger partial charge >= 0.3 is 0 Å². The third-order valence-electron chi connectivity index (χ3n) is 4.59. The summed E-state index contributed by atoms with van der Waals surface area (Å²) in [4.78, 5) is 16.5. The second-order valence-corrected chi connectivity index (χ2v) is 8.42. The van der Waals surface area contributed by atoms with Crippen LogP contribution in [0.5, 0.6) is 0 Å². The van der Waals surface area contributed by atoms with Gasteiger partial charge in [-0.1, -0.05) is 0 Å². The first-order valence-electron chi connectivity index (χ1n) is 8.31. The number of imidazole rings is 1. The van der Waals surface area contributed by atoms with Crippen molar-refractivity contribution in [3.8, 4) is 5.69 Å². The van der Waals surface area contributed by atoms with Gasteiger partial charge in [0, 0.05) is 37.1 Å². The molecule has 1 aromatic carbocycles. The highest BCUT2D eigenvalue weighted by atomic mass is 32.2. The van der Waals surface area contributed by atoms with E-state index >= 15 is 0 Å². The first kappa shape index (κ1) is 18.5. The molecule has 1 aromatic heterocycles. The highest BCUT2D eigenvalue weighted by Crippen LogP contribution is 2.23. The summed E-state index contributed by atoms with van der Waals surface area (Å²) < 4.78 is 40.4. The molecule has 1 aliphatic rings. The number of carbonyl (C=O) groups excluding carboxylic acids is 1. The van der Waals surface area contributed by atoms with Crippen molar-refractivity contribution in [1.29, 1.82) is 0 Å². The van der Waals surface area contributed by atoms with Gasteiger partial charge in [-0.05, 0) is 38.0 Å². The van der Waals surface area contributed by atoms with E-state index in [1.165, 1.54) is 16.6 Å². The van der Waals surface area contributed by atoms with E-state index < -0.39 is 15.8 Å². The largest absolute Gasteiger partial charge is 0.326 e. The molecule has 3 rings (SSSR count). The van der Waals surface area contributed by atoms with E-state index in [4.69, 9.17) is 0 Å². The molecular weight excluding hydrogens is 359 g/mol. The zero-order valence-corrected chi connectivity index (χ0v) is 15.5. The van der Waals surface area contributed by atoms with Crippen LogP contribution in [0.15, 0.2) is 30.6 Å². The molecule has 26 heavy (non-hydrogen) atoms. The van der Waals surface area contributed by atoms with Crippen LogP contribution in [0.25, 0.3) is 5.69 Å². The highest BCUT2D eigenvalue weighted by Gasteiger charge is 2.29. The molecule has 0 radical (unpaired) electrons. The van der Waals surface area contributed by atoms with Crippen molar-refractivity contribution in [3.05, 3.63) is 42.2 Å². The molecule has 0 atom stereocenters. The molecule has 1 fully saturated rings. The lowest BCUT2D eigenvalue weighted by Crippen LogP contribution is -2.40. The number of halogens is 1. The standard InChI is InChI=1S/C17H21FN4O3S/c1-12-19-7-10-22(12)16-4-3-14(11-15(16)18)20-17(23)13-5-8-21(9-6-13)26(2,24)25/h3-4,7,10-11,13H,5-6,8-9H2,1-2H3,(H,20,23). The van der Waals surface area contributed by atoms with Gasteiger partial charge in [0.25, 0.3) is 0 Å². The van der Waals surface area contributed by atoms with Gasteiger partial charge in [0.15, 0.2) is 0 Å². The predicted octanol–water partition coefficient (Wildman–Crippen LogP) is 1.93. The molecule has 0 unspecified atom stereocenters. The van der Waals surface area contributed by atoms with Crippen LogP contribution in [-0.2, 0) is 14.8 Å². The fourth-order valence-corrected chi connectivity index (χ4v) is 3.98. The molecule has 2 heterocycles. The molecule has 9 heteroatoms. The third kappa shape index (κ3) is 3.94. The maximum absolute atomic E-state index is 14.4. The van der Waals surface area contributed by atoms with Crippen LogP contribution in [0.2, 0.25) is 0 Å². The van der Waals surface area contributed by atoms with E-state index in [9.17, 15) is 17.6 Å². The number of anilines is 1. The quantitative estimate of drug-likeness (QED) is 0.878. The van der Waals surface area contributed by atoms with Crippen LogP contribution in [0.4, 0.5) is 10.1 Å². The number of piperidine rings is 1. The van der Waals surface area contributed by atoms with Gasteiger partial charge in [0.1, 0.15) is 11.6 Å². The Kier molecular flexibility index (Phi) is 5.10. The van der Waals surface area contributed by atoms with E-state index in [1.54, 1.807) is 36.0 Å². The van der Waals surface area contributed by atoms with Crippen molar-refractivity contribution in [2.75, 3.05) is 24.7 Å². The maximum atomic E-state index is 14.4. The first-order chi connectivity index (χ1) is 12.3. The van der Waals surface area contributed by atoms with Crippen LogP contribution in [0, 0.1) is 18.7 Å². The number of hydrogen-bond donors (Lipinski definition) is 1. The van der Waals surface area contributed by atoms with Gasteiger partial charge in [0.2, 0.25) is 15.9 Å². The monoisotopic (exact) mass is 380 g/mol. The van der Waals surface area contributed by atoms with Gasteiger partial charge in [-0.2, -0.15) is 0 Å². The second-order valence-electron chi connectivity index (χ2n) is 6.44. The molecule has 1 N–H and O–H groups in total. The topological polar surface area (TPSA) is 84.3 Å². The van der Waals surface area contributed by atoms with E-state index in [0.29, 0.717) is 43.1 Å². The molecule has 2 aromatic rings. The van der Waals surface area contributed by atoms with Crippen LogP contribution in [-0.4, -0.2) is 47.5 Å². The number of nitrogens with zero attached hydrogens (tertiary/aromatic N) is 3. The Morgan fingerprint density at radius 1 is 1.31 bits per heavy atom. The van der Waals surface area contributed by atoms with Crippen molar-refractivity contribution >= 4 is 21.6 Å². The minimum absolute atomic E-state index is 0.218. The Bertz CT molecular complexity index is 918. The summed E-state index contributed by atoms with van der Waals surface area (Å²) in [6.07, 6.45) is 5.33. The molecule has 140 valence electrons. The third-order valence-corrected chi connectivity index (χ3v) is 5.90. The Labute approximate surface area is 151 Å². The molecule has 0 spiro atoms. The summed E-state index contributed by atoms with van der Waals surface area (Å²) in [5.41, 5.74) is 0.735. The average Bonchev–Trinajstić information content (AvgIpc) is 3.00. The summed E-state index contributed by atoms with van der Waals surface area (Å²) in [7, 11) is -3.22. The van der Waals surface area contributed by atoms with Gasteiger partial charge in [-0.15, -0.1) is 0 Å². The van der Waals surface area contributed by atoms with Crippen LogP contribution in [0.3, 0.4) is 0 Å². The summed E-state index contributed by atoms with van der Waals surface area (Å²) in [5.74, 6) is -0.301. The Balaban J connectivity index is 1.65. The maximum Gasteiger partial charge on any atom is 0.227 e. The molecule has 1 aliphatic heterocycles. The van der Waals surface area contributed by atoms with E-state index in [-0.39, 0.29) is 11.8 Å². The Morgan fingerprint density at radius 2 is 2.00 bits per heavy atom. The molecule has 0 saturated carbocycles. The van der Waals surface area contributed by atoms with Gasteiger partial charge < -0.3 is 9.88 Å². The van der Waals surface area contributed by atoms with E-state index in [0.717, 1.165) is 0 Å². The number of sulfonamides is 1. The van der Waals surface area contributed by atoms with E-state index in [2.05, 4.69) is 10.3 Å². The van der Waals surface area contributed by atoms with Gasteiger partial charge in [-0.3, -0.25) is 4.79 Å². The number of carbonyl (C=O) groups is 1. The molecule has 7 nitrogen and oxygen atoms in total. The Morgan fingerprint density at radius 3 is 2.54 bits per heavy atom. The lowest BCUT2D eigenvalue weighted by Gasteiger charge is -2.29. The minimum atomic E-state index is -3.22. The molecule has 0 aliphatic carbocycles. The SMILES string of the molecule is Cc1nccn1-c1ccc(NC(=O)C2CCN(S(C)(=O)=O)CC2)cc1F. The van der Waals surface area contributed by atoms with Gasteiger partial charge in [-0.25, -0.2) is 22.1 Å². The second kappa shape index (κ2) is 7.16. The predicted molar refractivity (Wildman–Crippen MR) is 96.0 cm³/mol. The fourth-order valence-electron chi connectivity index (χ4n) is 3.11. The fraction of sp³-hybridized carbons (Fsp3) is 0.412. The van der Waals surface area contributed by atoms with Gasteiger partial charge in [0.05, 0.1) is 11.9 Å². The summed E-state index contributed by atoms with van der Waals surface area (Å²) >= 11 is 0. The molecule has 1 saturated heterocycles. The van der Waals surface area contributed by atoms with Crippen molar-refractivity contribution in [2.24, 2.45) is 5.92 Å².